The summed E-state index contributed by atoms with van der Waals surface area (Å²) in [5.41, 5.74) is 0.712. The molecule has 34 heavy (non-hydrogen) atoms. The van der Waals surface area contributed by atoms with Crippen LogP contribution < -0.4 is 19.5 Å². The van der Waals surface area contributed by atoms with Gasteiger partial charge in [-0.15, -0.1) is 0 Å². The van der Waals surface area contributed by atoms with E-state index in [-0.39, 0.29) is 23.2 Å². The summed E-state index contributed by atoms with van der Waals surface area (Å²) in [6.45, 7) is 4.92. The molecule has 3 rings (SSSR count). The Balaban J connectivity index is 2.08. The standard InChI is InChI=1S/C26H32N2O6/c1-16(2)34-19-10-7-17(8-11-19)24(30)22-23(18-9-12-20(29)21(15-18)33-5)28(26(32)25(22)31)14-6-13-27(3)4/h7-12,15-16,23,29-30H,6,13-14H2,1-5H3/b24-22+. The molecule has 0 aromatic heterocycles. The number of hydrogen-bond acceptors (Lipinski definition) is 6. The Bertz CT molecular complexity index is 1080. The van der Waals surface area contributed by atoms with E-state index >= 15 is 0 Å². The largest absolute Gasteiger partial charge is 0.872 e. The van der Waals surface area contributed by atoms with E-state index in [4.69, 9.17) is 9.47 Å². The normalized spacial score (nSPS) is 17.6. The van der Waals surface area contributed by atoms with E-state index in [2.05, 4.69) is 0 Å². The molecule has 0 saturated carbocycles. The Hall–Kier alpha value is -3.52. The van der Waals surface area contributed by atoms with Crippen LogP contribution in [-0.2, 0) is 9.59 Å². The number of methoxy groups -OCH3 is 1. The minimum atomic E-state index is -0.870. The first-order valence-electron chi connectivity index (χ1n) is 11.3. The third-order valence-corrected chi connectivity index (χ3v) is 5.61. The molecule has 1 saturated heterocycles. The number of aromatic hydroxyl groups is 1. The Kier molecular flexibility index (Phi) is 7.83. The lowest BCUT2D eigenvalue weighted by Gasteiger charge is -2.28. The molecule has 8 nitrogen and oxygen atoms in total. The summed E-state index contributed by atoms with van der Waals surface area (Å²) in [7, 11) is 5.43. The van der Waals surface area contributed by atoms with Gasteiger partial charge in [-0.1, -0.05) is 24.0 Å². The smallest absolute Gasteiger partial charge is 0.295 e. The van der Waals surface area contributed by atoms with Crippen molar-refractivity contribution in [1.82, 2.24) is 4.90 Å². The molecule has 8 heteroatoms. The van der Waals surface area contributed by atoms with Crippen molar-refractivity contribution < 1.29 is 34.2 Å². The van der Waals surface area contributed by atoms with Gasteiger partial charge in [-0.25, -0.2) is 0 Å². The zero-order valence-electron chi connectivity index (χ0n) is 20.3. The lowest BCUT2D eigenvalue weighted by molar-refractivity contribution is -0.858. The fraction of sp³-hybridized carbons (Fsp3) is 0.385. The fourth-order valence-corrected chi connectivity index (χ4v) is 4.03. The van der Waals surface area contributed by atoms with E-state index < -0.39 is 23.5 Å². The number of amides is 1. The summed E-state index contributed by atoms with van der Waals surface area (Å²) in [5, 5.41) is 23.5. The molecular formula is C26H32N2O6. The van der Waals surface area contributed by atoms with Crippen LogP contribution in [0.15, 0.2) is 48.0 Å². The van der Waals surface area contributed by atoms with Crippen LogP contribution in [0.3, 0.4) is 0 Å². The van der Waals surface area contributed by atoms with Gasteiger partial charge in [0.25, 0.3) is 5.91 Å². The summed E-state index contributed by atoms with van der Waals surface area (Å²) < 4.78 is 10.9. The van der Waals surface area contributed by atoms with Crippen LogP contribution in [0, 0.1) is 0 Å². The molecule has 0 spiro atoms. The predicted octanol–water partition coefficient (Wildman–Crippen LogP) is 0.947. The van der Waals surface area contributed by atoms with Gasteiger partial charge in [-0.05, 0) is 49.2 Å². The van der Waals surface area contributed by atoms with Crippen molar-refractivity contribution in [3.05, 3.63) is 59.2 Å². The van der Waals surface area contributed by atoms with Crippen molar-refractivity contribution in [2.24, 2.45) is 0 Å². The third-order valence-electron chi connectivity index (χ3n) is 5.61. The molecule has 1 amide bonds. The highest BCUT2D eigenvalue weighted by atomic mass is 16.5. The maximum Gasteiger partial charge on any atom is 0.295 e. The Labute approximate surface area is 200 Å². The van der Waals surface area contributed by atoms with Gasteiger partial charge < -0.3 is 29.5 Å². The van der Waals surface area contributed by atoms with Gasteiger partial charge in [0.2, 0.25) is 5.78 Å². The van der Waals surface area contributed by atoms with E-state index in [1.54, 1.807) is 36.4 Å². The van der Waals surface area contributed by atoms with E-state index in [1.807, 2.05) is 27.9 Å². The number of likely N-dealkylation sites (tertiary alicyclic amines) is 1. The molecule has 0 aliphatic carbocycles. The average molecular weight is 469 g/mol. The van der Waals surface area contributed by atoms with Gasteiger partial charge in [-0.3, -0.25) is 9.59 Å². The molecule has 1 fully saturated rings. The number of benzene rings is 2. The second-order valence-corrected chi connectivity index (χ2v) is 8.91. The van der Waals surface area contributed by atoms with Crippen LogP contribution in [0.1, 0.15) is 37.4 Å². The van der Waals surface area contributed by atoms with Gasteiger partial charge in [0.15, 0.2) is 11.5 Å². The molecule has 1 aliphatic rings. The number of hydrogen-bond donors (Lipinski definition) is 2. The van der Waals surface area contributed by atoms with Crippen LogP contribution in [0.2, 0.25) is 0 Å². The topological polar surface area (TPSA) is 104 Å². The monoisotopic (exact) mass is 468 g/mol. The highest BCUT2D eigenvalue weighted by Crippen LogP contribution is 2.41. The fourth-order valence-electron chi connectivity index (χ4n) is 4.03. The summed E-state index contributed by atoms with van der Waals surface area (Å²) in [6.07, 6.45) is 0.645. The van der Waals surface area contributed by atoms with E-state index in [9.17, 15) is 19.8 Å². The quantitative estimate of drug-likeness (QED) is 0.323. The van der Waals surface area contributed by atoms with Crippen LogP contribution in [0.25, 0.3) is 5.76 Å². The van der Waals surface area contributed by atoms with Crippen molar-refractivity contribution >= 4 is 17.4 Å². The molecule has 0 bridgehead atoms. The molecule has 1 aliphatic heterocycles. The van der Waals surface area contributed by atoms with Crippen molar-refractivity contribution in [3.63, 3.8) is 0 Å². The minimum absolute atomic E-state index is 0.0172. The number of rotatable bonds is 9. The number of carbonyl (C=O) groups excluding carboxylic acids is 2. The Morgan fingerprint density at radius 3 is 2.41 bits per heavy atom. The Morgan fingerprint density at radius 1 is 1.15 bits per heavy atom. The summed E-state index contributed by atoms with van der Waals surface area (Å²) in [4.78, 5) is 28.7. The average Bonchev–Trinajstić information content (AvgIpc) is 3.04. The summed E-state index contributed by atoms with van der Waals surface area (Å²) >= 11 is 0. The van der Waals surface area contributed by atoms with Crippen LogP contribution >= 0.6 is 0 Å². The maximum absolute atomic E-state index is 13.5. The van der Waals surface area contributed by atoms with E-state index in [1.165, 1.54) is 23.0 Å². The number of phenolic OH excluding ortho intramolecular Hbond substituents is 1. The number of quaternary nitrogens is 1. The zero-order chi connectivity index (χ0) is 25.0. The summed E-state index contributed by atoms with van der Waals surface area (Å²) in [6, 6.07) is 10.3. The number of Topliss-reactive ketones (excluding diaryl/α,β-unsaturated/α-hetero) is 1. The number of ether oxygens (including phenoxy) is 2. The van der Waals surface area contributed by atoms with Crippen LogP contribution in [0.4, 0.5) is 0 Å². The van der Waals surface area contributed by atoms with Crippen molar-refractivity contribution in [3.8, 4) is 17.2 Å². The third kappa shape index (κ3) is 5.34. The molecule has 1 heterocycles. The lowest BCUT2D eigenvalue weighted by Crippen LogP contribution is -3.05. The first-order valence-corrected chi connectivity index (χ1v) is 11.3. The Morgan fingerprint density at radius 2 is 1.82 bits per heavy atom. The number of carbonyl (C=O) groups is 2. The molecule has 2 aromatic rings. The van der Waals surface area contributed by atoms with Crippen molar-refractivity contribution in [2.45, 2.75) is 32.4 Å². The number of nitrogens with one attached hydrogen (secondary N) is 1. The maximum atomic E-state index is 13.5. The van der Waals surface area contributed by atoms with Crippen LogP contribution in [-0.4, -0.2) is 62.1 Å². The number of phenols is 1. The van der Waals surface area contributed by atoms with Gasteiger partial charge in [0.05, 0.1) is 39.9 Å². The number of nitrogens with zero attached hydrogens (tertiary/aromatic N) is 1. The van der Waals surface area contributed by atoms with Gasteiger partial charge >= 0.3 is 0 Å². The molecule has 1 unspecified atom stereocenters. The molecule has 2 aromatic carbocycles. The minimum Gasteiger partial charge on any atom is -0.872 e. The predicted molar refractivity (Wildman–Crippen MR) is 126 cm³/mol. The molecule has 182 valence electrons. The van der Waals surface area contributed by atoms with E-state index in [0.29, 0.717) is 29.8 Å². The summed E-state index contributed by atoms with van der Waals surface area (Å²) in [5.74, 6) is -1.27. The van der Waals surface area contributed by atoms with Gasteiger partial charge in [-0.2, -0.15) is 0 Å². The first kappa shape index (κ1) is 25.1. The van der Waals surface area contributed by atoms with Crippen molar-refractivity contribution in [1.29, 1.82) is 0 Å². The number of ketones is 1. The molecule has 2 N–H and O–H groups in total. The highest BCUT2D eigenvalue weighted by molar-refractivity contribution is 6.46. The highest BCUT2D eigenvalue weighted by Gasteiger charge is 2.44. The van der Waals surface area contributed by atoms with E-state index in [0.717, 1.165) is 6.54 Å². The second-order valence-electron chi connectivity index (χ2n) is 8.91. The molecule has 0 radical (unpaired) electrons. The SMILES string of the molecule is COc1cc(C2/C(=C(\[O-])c3ccc(OC(C)C)cc3)C(=O)C(=O)N2CCC[NH+](C)C)ccc1O. The second kappa shape index (κ2) is 10.6. The zero-order valence-corrected chi connectivity index (χ0v) is 20.3. The van der Waals surface area contributed by atoms with Crippen LogP contribution in [0.5, 0.6) is 17.2 Å². The first-order chi connectivity index (χ1) is 16.1. The lowest BCUT2D eigenvalue weighted by atomic mass is 9.95. The van der Waals surface area contributed by atoms with Gasteiger partial charge in [0.1, 0.15) is 5.75 Å². The van der Waals surface area contributed by atoms with Gasteiger partial charge in [0, 0.05) is 18.5 Å². The van der Waals surface area contributed by atoms with Crippen molar-refractivity contribution in [2.75, 3.05) is 34.3 Å². The molecule has 1 atom stereocenters. The molecular weight excluding hydrogens is 436 g/mol.